The molecule has 0 aliphatic rings. The largest absolute Gasteiger partial charge is 0.461 e. The lowest BCUT2D eigenvalue weighted by molar-refractivity contribution is -0.141. The van der Waals surface area contributed by atoms with E-state index < -0.39 is 11.8 Å². The lowest BCUT2D eigenvalue weighted by Crippen LogP contribution is -2.20. The summed E-state index contributed by atoms with van der Waals surface area (Å²) in [6.45, 7) is 3.35. The molecule has 0 spiro atoms. The number of ether oxygens (including phenoxy) is 1. The molecule has 4 heteroatoms. The van der Waals surface area contributed by atoms with Crippen LogP contribution in [-0.2, 0) is 9.53 Å². The van der Waals surface area contributed by atoms with Crippen LogP contribution in [0.3, 0.4) is 0 Å². The van der Waals surface area contributed by atoms with Gasteiger partial charge in [0.05, 0.1) is 12.4 Å². The van der Waals surface area contributed by atoms with Gasteiger partial charge in [0.1, 0.15) is 0 Å². The average Bonchev–Trinajstić information content (AvgIpc) is 2.53. The van der Waals surface area contributed by atoms with Gasteiger partial charge in [0.2, 0.25) is 0 Å². The van der Waals surface area contributed by atoms with E-state index in [1.54, 1.807) is 13.8 Å². The van der Waals surface area contributed by atoms with Crippen molar-refractivity contribution in [3.8, 4) is 0 Å². The third-order valence-corrected chi connectivity index (χ3v) is 1.27. The molecule has 1 aromatic heterocycles. The highest BCUT2D eigenvalue weighted by molar-refractivity contribution is 6.39. The minimum absolute atomic E-state index is 0.00523. The van der Waals surface area contributed by atoms with Crippen LogP contribution in [0, 0.1) is 0 Å². The maximum atomic E-state index is 11.2. The predicted octanol–water partition coefficient (Wildman–Crippen LogP) is 1.41. The minimum atomic E-state index is -0.884. The Morgan fingerprint density at radius 2 is 2.15 bits per heavy atom. The molecule has 0 aliphatic heterocycles. The summed E-state index contributed by atoms with van der Waals surface area (Å²) in [5.41, 5.74) is 0. The van der Waals surface area contributed by atoms with Crippen LogP contribution in [0.15, 0.2) is 22.8 Å². The number of Topliss-reactive ketones (excluding diaryl/α,β-unsaturated/α-hetero) is 1. The molecule has 0 N–H and O–H groups in total. The third-order valence-electron chi connectivity index (χ3n) is 1.27. The first-order chi connectivity index (χ1) is 6.11. The van der Waals surface area contributed by atoms with Crippen LogP contribution in [-0.4, -0.2) is 17.9 Å². The Labute approximate surface area is 75.5 Å². The number of furan rings is 1. The maximum Gasteiger partial charge on any atom is 0.383 e. The molecule has 4 nitrogen and oxygen atoms in total. The molecule has 1 aromatic rings. The quantitative estimate of drug-likeness (QED) is 0.403. The molecule has 0 saturated heterocycles. The molecule has 70 valence electrons. The fraction of sp³-hybridized carbons (Fsp3) is 0.333. The second kappa shape index (κ2) is 3.89. The average molecular weight is 182 g/mol. The van der Waals surface area contributed by atoms with Crippen molar-refractivity contribution in [3.05, 3.63) is 24.2 Å². The molecule has 0 saturated carbocycles. The smallest absolute Gasteiger partial charge is 0.383 e. The van der Waals surface area contributed by atoms with Gasteiger partial charge in [0.25, 0.3) is 0 Å². The van der Waals surface area contributed by atoms with Gasteiger partial charge in [-0.1, -0.05) is 0 Å². The van der Waals surface area contributed by atoms with E-state index >= 15 is 0 Å². The van der Waals surface area contributed by atoms with Crippen molar-refractivity contribution in [2.45, 2.75) is 20.0 Å². The second-order valence-electron chi connectivity index (χ2n) is 2.76. The lowest BCUT2D eigenvalue weighted by Gasteiger charge is -2.04. The molecule has 1 rings (SSSR count). The number of carbonyl (C=O) groups excluding carboxylic acids is 2. The fourth-order valence-electron chi connectivity index (χ4n) is 0.776. The van der Waals surface area contributed by atoms with E-state index in [-0.39, 0.29) is 11.9 Å². The molecule has 0 radical (unpaired) electrons. The lowest BCUT2D eigenvalue weighted by atomic mass is 10.3. The highest BCUT2D eigenvalue weighted by Gasteiger charge is 2.21. The van der Waals surface area contributed by atoms with Crippen molar-refractivity contribution >= 4 is 11.8 Å². The number of hydrogen-bond acceptors (Lipinski definition) is 4. The van der Waals surface area contributed by atoms with Crippen molar-refractivity contribution in [1.29, 1.82) is 0 Å². The Kier molecular flexibility index (Phi) is 2.84. The van der Waals surface area contributed by atoms with Crippen LogP contribution >= 0.6 is 0 Å². The summed E-state index contributed by atoms with van der Waals surface area (Å²) >= 11 is 0. The first-order valence-corrected chi connectivity index (χ1v) is 3.90. The molecule has 0 amide bonds. The van der Waals surface area contributed by atoms with Crippen molar-refractivity contribution in [2.75, 3.05) is 0 Å². The fourth-order valence-corrected chi connectivity index (χ4v) is 0.776. The van der Waals surface area contributed by atoms with Gasteiger partial charge < -0.3 is 9.15 Å². The highest BCUT2D eigenvalue weighted by Crippen LogP contribution is 2.03. The van der Waals surface area contributed by atoms with Crippen LogP contribution in [0.2, 0.25) is 0 Å². The summed E-state index contributed by atoms with van der Waals surface area (Å²) in [7, 11) is 0. The SMILES string of the molecule is CC(C)OC(=O)C(=O)c1ccco1. The number of hydrogen-bond donors (Lipinski definition) is 0. The zero-order valence-corrected chi connectivity index (χ0v) is 7.44. The number of esters is 1. The Bertz CT molecular complexity index is 297. The minimum Gasteiger partial charge on any atom is -0.461 e. The predicted molar refractivity (Wildman–Crippen MR) is 44.3 cm³/mol. The van der Waals surface area contributed by atoms with E-state index in [9.17, 15) is 9.59 Å². The van der Waals surface area contributed by atoms with E-state index in [1.165, 1.54) is 18.4 Å². The van der Waals surface area contributed by atoms with Crippen molar-refractivity contribution < 1.29 is 18.7 Å². The molecule has 1 heterocycles. The van der Waals surface area contributed by atoms with Gasteiger partial charge in [0.15, 0.2) is 5.76 Å². The molecule has 0 aliphatic carbocycles. The molecule has 0 atom stereocenters. The molecule has 13 heavy (non-hydrogen) atoms. The summed E-state index contributed by atoms with van der Waals surface area (Å²) < 4.78 is 9.43. The van der Waals surface area contributed by atoms with Crippen LogP contribution in [0.4, 0.5) is 0 Å². The summed E-state index contributed by atoms with van der Waals surface area (Å²) in [6.07, 6.45) is 1.03. The maximum absolute atomic E-state index is 11.2. The highest BCUT2D eigenvalue weighted by atomic mass is 16.5. The number of ketones is 1. The van der Waals surface area contributed by atoms with E-state index in [0.717, 1.165) is 0 Å². The molecule has 0 bridgehead atoms. The van der Waals surface area contributed by atoms with E-state index in [0.29, 0.717) is 0 Å². The summed E-state index contributed by atoms with van der Waals surface area (Å²) in [6, 6.07) is 2.96. The topological polar surface area (TPSA) is 56.5 Å². The van der Waals surface area contributed by atoms with Gasteiger partial charge in [-0.15, -0.1) is 0 Å². The van der Waals surface area contributed by atoms with Crippen molar-refractivity contribution in [3.63, 3.8) is 0 Å². The van der Waals surface area contributed by atoms with Gasteiger partial charge in [-0.2, -0.15) is 0 Å². The van der Waals surface area contributed by atoms with Crippen molar-refractivity contribution in [2.24, 2.45) is 0 Å². The first-order valence-electron chi connectivity index (χ1n) is 3.90. The van der Waals surface area contributed by atoms with Crippen LogP contribution in [0.25, 0.3) is 0 Å². The third kappa shape index (κ3) is 2.43. The van der Waals surface area contributed by atoms with Crippen LogP contribution in [0.5, 0.6) is 0 Å². The standard InChI is InChI=1S/C9H10O4/c1-6(2)13-9(11)8(10)7-4-3-5-12-7/h3-6H,1-2H3. The second-order valence-corrected chi connectivity index (χ2v) is 2.76. The number of carbonyl (C=O) groups is 2. The van der Waals surface area contributed by atoms with Gasteiger partial charge in [-0.3, -0.25) is 4.79 Å². The van der Waals surface area contributed by atoms with Crippen LogP contribution < -0.4 is 0 Å². The molecule has 0 unspecified atom stereocenters. The molecular formula is C9H10O4. The monoisotopic (exact) mass is 182 g/mol. The van der Waals surface area contributed by atoms with E-state index in [4.69, 9.17) is 4.42 Å². The van der Waals surface area contributed by atoms with Gasteiger partial charge >= 0.3 is 11.8 Å². The Hall–Kier alpha value is -1.58. The normalized spacial score (nSPS) is 10.1. The van der Waals surface area contributed by atoms with E-state index in [1.807, 2.05) is 0 Å². The summed E-state index contributed by atoms with van der Waals surface area (Å²) in [4.78, 5) is 22.2. The summed E-state index contributed by atoms with van der Waals surface area (Å²) in [5.74, 6) is -1.63. The van der Waals surface area contributed by atoms with Crippen molar-refractivity contribution in [1.82, 2.24) is 0 Å². The van der Waals surface area contributed by atoms with Crippen LogP contribution in [0.1, 0.15) is 24.4 Å². The molecule has 0 fully saturated rings. The number of rotatable bonds is 3. The van der Waals surface area contributed by atoms with Gasteiger partial charge in [-0.05, 0) is 26.0 Å². The first kappa shape index (κ1) is 9.51. The summed E-state index contributed by atoms with van der Waals surface area (Å²) in [5, 5.41) is 0. The van der Waals surface area contributed by atoms with E-state index in [2.05, 4.69) is 4.74 Å². The Morgan fingerprint density at radius 1 is 1.46 bits per heavy atom. The zero-order valence-electron chi connectivity index (χ0n) is 7.44. The Balaban J connectivity index is 2.64. The zero-order chi connectivity index (χ0) is 9.84. The van der Waals surface area contributed by atoms with Gasteiger partial charge in [-0.25, -0.2) is 4.79 Å². The Morgan fingerprint density at radius 3 is 2.62 bits per heavy atom. The molecule has 0 aromatic carbocycles. The van der Waals surface area contributed by atoms with Gasteiger partial charge in [0, 0.05) is 0 Å². The molecular weight excluding hydrogens is 172 g/mol.